The second-order valence-corrected chi connectivity index (χ2v) is 7.57. The summed E-state index contributed by atoms with van der Waals surface area (Å²) in [6, 6.07) is 18.2. The van der Waals surface area contributed by atoms with E-state index >= 15 is 0 Å². The largest absolute Gasteiger partial charge is 0.435 e. The Labute approximate surface area is 184 Å². The van der Waals surface area contributed by atoms with Gasteiger partial charge in [-0.1, -0.05) is 36.4 Å². The molecular formula is C22H15F3N4O2S. The number of benzene rings is 2. The number of para-hydroxylation sites is 1. The van der Waals surface area contributed by atoms with Gasteiger partial charge in [0.2, 0.25) is 0 Å². The Morgan fingerprint density at radius 1 is 0.938 bits per heavy atom. The average molecular weight is 456 g/mol. The minimum Gasteiger partial charge on any atom is -0.308 e. The van der Waals surface area contributed by atoms with E-state index < -0.39 is 23.8 Å². The summed E-state index contributed by atoms with van der Waals surface area (Å²) in [5.74, 6) is -0.527. The van der Waals surface area contributed by atoms with Crippen LogP contribution >= 0.6 is 11.3 Å². The van der Waals surface area contributed by atoms with Crippen LogP contribution in [-0.4, -0.2) is 21.7 Å². The fourth-order valence-corrected chi connectivity index (χ4v) is 3.57. The maximum absolute atomic E-state index is 13.3. The van der Waals surface area contributed by atoms with Gasteiger partial charge in [-0.25, -0.2) is 9.48 Å². The second kappa shape index (κ2) is 8.67. The molecule has 0 saturated carbocycles. The summed E-state index contributed by atoms with van der Waals surface area (Å²) in [6.07, 6.45) is -4.59. The number of rotatable bonds is 4. The highest BCUT2D eigenvalue weighted by Gasteiger charge is 2.35. The molecule has 10 heteroatoms. The summed E-state index contributed by atoms with van der Waals surface area (Å²) in [4.78, 5) is 24.4. The fourth-order valence-electron chi connectivity index (χ4n) is 2.95. The zero-order valence-corrected chi connectivity index (χ0v) is 17.1. The van der Waals surface area contributed by atoms with Crippen molar-refractivity contribution in [2.75, 3.05) is 5.32 Å². The van der Waals surface area contributed by atoms with Crippen LogP contribution in [0.2, 0.25) is 0 Å². The highest BCUT2D eigenvalue weighted by molar-refractivity contribution is 7.12. The molecule has 0 aliphatic carbocycles. The summed E-state index contributed by atoms with van der Waals surface area (Å²) < 4.78 is 41.0. The van der Waals surface area contributed by atoms with E-state index in [1.807, 2.05) is 0 Å². The predicted molar refractivity (Wildman–Crippen MR) is 115 cm³/mol. The first kappa shape index (κ1) is 21.3. The van der Waals surface area contributed by atoms with Crippen molar-refractivity contribution in [2.24, 2.45) is 0 Å². The number of amides is 3. The van der Waals surface area contributed by atoms with Gasteiger partial charge in [0.1, 0.15) is 0 Å². The van der Waals surface area contributed by atoms with Gasteiger partial charge in [-0.2, -0.15) is 18.3 Å². The van der Waals surface area contributed by atoms with E-state index in [1.54, 1.807) is 60.0 Å². The van der Waals surface area contributed by atoms with E-state index in [-0.39, 0.29) is 5.69 Å². The zero-order valence-electron chi connectivity index (χ0n) is 16.3. The third kappa shape index (κ3) is 4.70. The maximum Gasteiger partial charge on any atom is 0.435 e. The Hall–Kier alpha value is -3.92. The molecule has 2 aromatic carbocycles. The maximum atomic E-state index is 13.3. The van der Waals surface area contributed by atoms with Gasteiger partial charge in [0.05, 0.1) is 16.3 Å². The molecule has 2 N–H and O–H groups in total. The number of imide groups is 1. The number of hydrogen-bond acceptors (Lipinski definition) is 4. The van der Waals surface area contributed by atoms with Crippen molar-refractivity contribution in [2.45, 2.75) is 6.18 Å². The summed E-state index contributed by atoms with van der Waals surface area (Å²) in [7, 11) is 0. The van der Waals surface area contributed by atoms with Crippen molar-refractivity contribution in [1.82, 2.24) is 15.1 Å². The number of alkyl halides is 3. The first-order valence-electron chi connectivity index (χ1n) is 9.30. The van der Waals surface area contributed by atoms with E-state index in [1.165, 1.54) is 28.2 Å². The molecule has 0 spiro atoms. The topological polar surface area (TPSA) is 76.0 Å². The highest BCUT2D eigenvalue weighted by Crippen LogP contribution is 2.33. The number of carbonyl (C=O) groups excluding carboxylic acids is 2. The molecule has 3 amide bonds. The lowest BCUT2D eigenvalue weighted by atomic mass is 10.1. The smallest absolute Gasteiger partial charge is 0.308 e. The van der Waals surface area contributed by atoms with E-state index in [0.29, 0.717) is 21.8 Å². The Kier molecular flexibility index (Phi) is 5.78. The SMILES string of the molecule is O=C(NC(=O)c1cccs1)Nc1ccc(-c2cc(C(F)(F)F)nn2-c2ccccc2)cc1. The molecule has 0 aliphatic rings. The van der Waals surface area contributed by atoms with Crippen molar-refractivity contribution >= 4 is 29.0 Å². The van der Waals surface area contributed by atoms with E-state index in [2.05, 4.69) is 15.7 Å². The second-order valence-electron chi connectivity index (χ2n) is 6.62. The van der Waals surface area contributed by atoms with Gasteiger partial charge >= 0.3 is 12.2 Å². The number of nitrogens with zero attached hydrogens (tertiary/aromatic N) is 2. The number of aromatic nitrogens is 2. The van der Waals surface area contributed by atoms with Crippen LogP contribution in [0.15, 0.2) is 78.2 Å². The number of urea groups is 1. The molecule has 0 aliphatic heterocycles. The zero-order chi connectivity index (χ0) is 22.7. The molecule has 0 radical (unpaired) electrons. The molecule has 0 saturated heterocycles. The standard InChI is InChI=1S/C22H15F3N4O2S/c23-22(24,25)19-13-17(29(28-19)16-5-2-1-3-6-16)14-8-10-15(11-9-14)26-21(31)27-20(30)18-7-4-12-32-18/h1-13H,(H2,26,27,30,31). The van der Waals surface area contributed by atoms with Gasteiger partial charge in [-0.05, 0) is 41.8 Å². The van der Waals surface area contributed by atoms with Gasteiger partial charge in [-0.3, -0.25) is 10.1 Å². The minimum absolute atomic E-state index is 0.243. The highest BCUT2D eigenvalue weighted by atomic mass is 32.1. The lowest BCUT2D eigenvalue weighted by molar-refractivity contribution is -0.141. The van der Waals surface area contributed by atoms with Gasteiger partial charge in [0.25, 0.3) is 5.91 Å². The summed E-state index contributed by atoms with van der Waals surface area (Å²) in [5.41, 5.74) is 0.550. The van der Waals surface area contributed by atoms with E-state index in [9.17, 15) is 22.8 Å². The molecular weight excluding hydrogens is 441 g/mol. The molecule has 2 aromatic heterocycles. The molecule has 0 fully saturated rings. The molecule has 6 nitrogen and oxygen atoms in total. The van der Waals surface area contributed by atoms with Crippen LogP contribution in [0.3, 0.4) is 0 Å². The number of halogens is 3. The van der Waals surface area contributed by atoms with Crippen molar-refractivity contribution in [3.8, 4) is 16.9 Å². The van der Waals surface area contributed by atoms with Crippen LogP contribution < -0.4 is 10.6 Å². The monoisotopic (exact) mass is 456 g/mol. The van der Waals surface area contributed by atoms with Gasteiger partial charge < -0.3 is 5.32 Å². The number of carbonyl (C=O) groups is 2. The van der Waals surface area contributed by atoms with Gasteiger partial charge in [0, 0.05) is 11.3 Å². The molecule has 4 aromatic rings. The van der Waals surface area contributed by atoms with Gasteiger partial charge in [-0.15, -0.1) is 11.3 Å². The van der Waals surface area contributed by atoms with E-state index in [0.717, 1.165) is 6.07 Å². The third-order valence-electron chi connectivity index (χ3n) is 4.41. The Morgan fingerprint density at radius 3 is 2.28 bits per heavy atom. The molecule has 162 valence electrons. The van der Waals surface area contributed by atoms with Crippen molar-refractivity contribution in [3.05, 3.63) is 88.7 Å². The first-order valence-corrected chi connectivity index (χ1v) is 10.2. The third-order valence-corrected chi connectivity index (χ3v) is 5.28. The number of thiophene rings is 1. The molecule has 0 atom stereocenters. The molecule has 4 rings (SSSR count). The van der Waals surface area contributed by atoms with Crippen LogP contribution in [0.4, 0.5) is 23.7 Å². The average Bonchev–Trinajstić information content (AvgIpc) is 3.45. The summed E-state index contributed by atoms with van der Waals surface area (Å²) in [6.45, 7) is 0. The first-order chi connectivity index (χ1) is 15.3. The quantitative estimate of drug-likeness (QED) is 0.421. The Morgan fingerprint density at radius 2 is 1.66 bits per heavy atom. The van der Waals surface area contributed by atoms with Crippen LogP contribution in [0.25, 0.3) is 16.9 Å². The summed E-state index contributed by atoms with van der Waals surface area (Å²) >= 11 is 1.20. The lowest BCUT2D eigenvalue weighted by Gasteiger charge is -2.09. The number of anilines is 1. The lowest BCUT2D eigenvalue weighted by Crippen LogP contribution is -2.33. The normalized spacial score (nSPS) is 11.2. The van der Waals surface area contributed by atoms with Crippen LogP contribution in [0.5, 0.6) is 0 Å². The number of hydrogen-bond donors (Lipinski definition) is 2. The Balaban J connectivity index is 1.55. The van der Waals surface area contributed by atoms with Crippen LogP contribution in [0.1, 0.15) is 15.4 Å². The van der Waals surface area contributed by atoms with Crippen molar-refractivity contribution in [3.63, 3.8) is 0 Å². The molecule has 32 heavy (non-hydrogen) atoms. The predicted octanol–water partition coefficient (Wildman–Crippen LogP) is 5.58. The van der Waals surface area contributed by atoms with Gasteiger partial charge in [0.15, 0.2) is 5.69 Å². The molecule has 0 bridgehead atoms. The minimum atomic E-state index is -4.59. The molecule has 2 heterocycles. The van der Waals surface area contributed by atoms with E-state index in [4.69, 9.17) is 0 Å². The molecule has 0 unspecified atom stereocenters. The van der Waals surface area contributed by atoms with Crippen molar-refractivity contribution in [1.29, 1.82) is 0 Å². The van der Waals surface area contributed by atoms with Crippen LogP contribution in [0, 0.1) is 0 Å². The Bertz CT molecular complexity index is 1230. The number of nitrogens with one attached hydrogen (secondary N) is 2. The fraction of sp³-hybridized carbons (Fsp3) is 0.0455. The van der Waals surface area contributed by atoms with Crippen LogP contribution in [-0.2, 0) is 6.18 Å². The summed E-state index contributed by atoms with van der Waals surface area (Å²) in [5, 5.41) is 10.2. The van der Waals surface area contributed by atoms with Crippen molar-refractivity contribution < 1.29 is 22.8 Å².